The van der Waals surface area contributed by atoms with Gasteiger partial charge in [-0.15, -0.1) is 0 Å². The van der Waals surface area contributed by atoms with Crippen molar-refractivity contribution in [2.24, 2.45) is 0 Å². The smallest absolute Gasteiger partial charge is 0.298 e. The number of benzene rings is 1. The van der Waals surface area contributed by atoms with E-state index in [1.165, 1.54) is 18.2 Å². The van der Waals surface area contributed by atoms with Gasteiger partial charge >= 0.3 is 6.18 Å². The van der Waals surface area contributed by atoms with Crippen molar-refractivity contribution in [2.75, 3.05) is 0 Å². The molecule has 1 heterocycles. The van der Waals surface area contributed by atoms with Gasteiger partial charge in [0.2, 0.25) is 0 Å². The number of halogens is 4. The average molecular weight is 286 g/mol. The quantitative estimate of drug-likeness (QED) is 0.773. The Labute approximate surface area is 111 Å². The molecule has 19 heavy (non-hydrogen) atoms. The van der Waals surface area contributed by atoms with Crippen molar-refractivity contribution in [1.82, 2.24) is 4.98 Å². The number of rotatable bonds is 2. The first-order valence-electron chi connectivity index (χ1n) is 5.19. The summed E-state index contributed by atoms with van der Waals surface area (Å²) in [5, 5.41) is 0.333. The number of carbonyl (C=O) groups excluding carboxylic acids is 1. The third-order valence-electron chi connectivity index (χ3n) is 2.44. The summed E-state index contributed by atoms with van der Waals surface area (Å²) in [6.45, 7) is 0. The normalized spacial score (nSPS) is 11.4. The van der Waals surface area contributed by atoms with Gasteiger partial charge in [0.05, 0.1) is 0 Å². The molecule has 1 aromatic heterocycles. The summed E-state index contributed by atoms with van der Waals surface area (Å²) in [6, 6.07) is 6.73. The van der Waals surface area contributed by atoms with E-state index in [2.05, 4.69) is 4.98 Å². The van der Waals surface area contributed by atoms with E-state index in [-0.39, 0.29) is 0 Å². The predicted octanol–water partition coefficient (Wildman–Crippen LogP) is 4.23. The molecule has 0 saturated heterocycles. The van der Waals surface area contributed by atoms with Crippen molar-refractivity contribution < 1.29 is 18.0 Å². The Bertz CT molecular complexity index is 608. The highest BCUT2D eigenvalue weighted by molar-refractivity contribution is 6.31. The number of alkyl halides is 3. The van der Waals surface area contributed by atoms with E-state index in [0.29, 0.717) is 28.0 Å². The Morgan fingerprint density at radius 1 is 1.11 bits per heavy atom. The van der Waals surface area contributed by atoms with Gasteiger partial charge in [0.1, 0.15) is 12.0 Å². The van der Waals surface area contributed by atoms with Crippen LogP contribution in [0.15, 0.2) is 36.5 Å². The van der Waals surface area contributed by atoms with Crippen molar-refractivity contribution in [3.8, 4) is 11.1 Å². The fourth-order valence-corrected chi connectivity index (χ4v) is 1.82. The maximum atomic E-state index is 12.4. The first-order valence-corrected chi connectivity index (χ1v) is 5.57. The highest BCUT2D eigenvalue weighted by Gasteiger charge is 2.32. The lowest BCUT2D eigenvalue weighted by Crippen LogP contribution is -2.07. The number of pyridine rings is 1. The lowest BCUT2D eigenvalue weighted by molar-refractivity contribution is -0.141. The molecule has 1 aromatic carbocycles. The maximum Gasteiger partial charge on any atom is 0.433 e. The van der Waals surface area contributed by atoms with Crippen LogP contribution in [0.4, 0.5) is 13.2 Å². The molecular weight excluding hydrogens is 279 g/mol. The summed E-state index contributed by atoms with van der Waals surface area (Å²) in [5.74, 6) is 0. The van der Waals surface area contributed by atoms with Gasteiger partial charge in [0.25, 0.3) is 0 Å². The molecule has 0 aliphatic rings. The van der Waals surface area contributed by atoms with E-state index < -0.39 is 11.9 Å². The molecule has 0 atom stereocenters. The summed E-state index contributed by atoms with van der Waals surface area (Å²) >= 11 is 5.82. The predicted molar refractivity (Wildman–Crippen MR) is 65.1 cm³/mol. The van der Waals surface area contributed by atoms with Gasteiger partial charge in [0, 0.05) is 22.3 Å². The van der Waals surface area contributed by atoms with Crippen LogP contribution in [0.1, 0.15) is 16.1 Å². The summed E-state index contributed by atoms with van der Waals surface area (Å²) in [4.78, 5) is 14.1. The maximum absolute atomic E-state index is 12.4. The number of aromatic nitrogens is 1. The standard InChI is InChI=1S/C13H7ClF3NO/c14-11-4-8(7-19)3-10(5-11)9-1-2-12(18-6-9)13(15,16)17/h1-7H. The van der Waals surface area contributed by atoms with Crippen LogP contribution in [0.2, 0.25) is 5.02 Å². The summed E-state index contributed by atoms with van der Waals surface area (Å²) in [7, 11) is 0. The molecule has 0 aliphatic heterocycles. The Hall–Kier alpha value is -1.88. The second kappa shape index (κ2) is 5.01. The molecule has 2 nitrogen and oxygen atoms in total. The van der Waals surface area contributed by atoms with Gasteiger partial charge in [-0.1, -0.05) is 17.7 Å². The van der Waals surface area contributed by atoms with Crippen molar-refractivity contribution in [3.05, 3.63) is 52.8 Å². The molecule has 6 heteroatoms. The molecule has 0 radical (unpaired) electrons. The minimum Gasteiger partial charge on any atom is -0.298 e. The van der Waals surface area contributed by atoms with Crippen LogP contribution >= 0.6 is 11.6 Å². The van der Waals surface area contributed by atoms with Gasteiger partial charge in [0.15, 0.2) is 0 Å². The topological polar surface area (TPSA) is 30.0 Å². The number of carbonyl (C=O) groups is 1. The van der Waals surface area contributed by atoms with Crippen LogP contribution in [0.5, 0.6) is 0 Å². The lowest BCUT2D eigenvalue weighted by atomic mass is 10.0. The zero-order valence-electron chi connectivity index (χ0n) is 9.41. The van der Waals surface area contributed by atoms with Gasteiger partial charge < -0.3 is 0 Å². The average Bonchev–Trinajstić information content (AvgIpc) is 2.37. The molecular formula is C13H7ClF3NO. The number of hydrogen-bond acceptors (Lipinski definition) is 2. The highest BCUT2D eigenvalue weighted by atomic mass is 35.5. The number of hydrogen-bond donors (Lipinski definition) is 0. The molecule has 0 amide bonds. The van der Waals surface area contributed by atoms with Crippen LogP contribution in [0.3, 0.4) is 0 Å². The molecule has 2 aromatic rings. The third-order valence-corrected chi connectivity index (χ3v) is 2.66. The minimum atomic E-state index is -4.47. The van der Waals surface area contributed by atoms with E-state index in [1.807, 2.05) is 0 Å². The largest absolute Gasteiger partial charge is 0.433 e. The van der Waals surface area contributed by atoms with E-state index >= 15 is 0 Å². The van der Waals surface area contributed by atoms with E-state index in [0.717, 1.165) is 12.3 Å². The van der Waals surface area contributed by atoms with Crippen LogP contribution in [-0.2, 0) is 6.18 Å². The molecule has 0 aliphatic carbocycles. The molecule has 0 N–H and O–H groups in total. The molecule has 0 unspecified atom stereocenters. The van der Waals surface area contributed by atoms with Crippen molar-refractivity contribution in [1.29, 1.82) is 0 Å². The monoisotopic (exact) mass is 285 g/mol. The zero-order chi connectivity index (χ0) is 14.0. The molecule has 2 rings (SSSR count). The lowest BCUT2D eigenvalue weighted by Gasteiger charge is -2.07. The van der Waals surface area contributed by atoms with Crippen LogP contribution in [0.25, 0.3) is 11.1 Å². The Morgan fingerprint density at radius 3 is 2.37 bits per heavy atom. The van der Waals surface area contributed by atoms with E-state index in [9.17, 15) is 18.0 Å². The molecule has 0 saturated carbocycles. The zero-order valence-corrected chi connectivity index (χ0v) is 10.2. The SMILES string of the molecule is O=Cc1cc(Cl)cc(-c2ccc(C(F)(F)F)nc2)c1. The molecule has 0 spiro atoms. The van der Waals surface area contributed by atoms with Gasteiger partial charge in [-0.3, -0.25) is 9.78 Å². The fraction of sp³-hybridized carbons (Fsp3) is 0.0769. The van der Waals surface area contributed by atoms with E-state index in [4.69, 9.17) is 11.6 Å². The number of nitrogens with zero attached hydrogens (tertiary/aromatic N) is 1. The van der Waals surface area contributed by atoms with E-state index in [1.54, 1.807) is 6.07 Å². The summed E-state index contributed by atoms with van der Waals surface area (Å²) in [5.41, 5.74) is 0.380. The summed E-state index contributed by atoms with van der Waals surface area (Å²) in [6.07, 6.45) is -2.75. The van der Waals surface area contributed by atoms with Gasteiger partial charge in [-0.05, 0) is 29.8 Å². The minimum absolute atomic E-state index is 0.333. The first-order chi connectivity index (χ1) is 8.90. The number of aldehydes is 1. The fourth-order valence-electron chi connectivity index (χ4n) is 1.58. The van der Waals surface area contributed by atoms with Crippen molar-refractivity contribution >= 4 is 17.9 Å². The Morgan fingerprint density at radius 2 is 1.84 bits per heavy atom. The molecule has 0 fully saturated rings. The molecule has 0 bridgehead atoms. The van der Waals surface area contributed by atoms with Crippen molar-refractivity contribution in [3.63, 3.8) is 0 Å². The van der Waals surface area contributed by atoms with Crippen molar-refractivity contribution in [2.45, 2.75) is 6.18 Å². The van der Waals surface area contributed by atoms with Gasteiger partial charge in [-0.25, -0.2) is 0 Å². The van der Waals surface area contributed by atoms with Crippen LogP contribution in [-0.4, -0.2) is 11.3 Å². The van der Waals surface area contributed by atoms with Crippen LogP contribution in [0, 0.1) is 0 Å². The highest BCUT2D eigenvalue weighted by Crippen LogP contribution is 2.29. The van der Waals surface area contributed by atoms with Crippen LogP contribution < -0.4 is 0 Å². The summed E-state index contributed by atoms with van der Waals surface area (Å²) < 4.78 is 37.1. The van der Waals surface area contributed by atoms with Gasteiger partial charge in [-0.2, -0.15) is 13.2 Å². The first kappa shape index (κ1) is 13.5. The molecule has 98 valence electrons. The Kier molecular flexibility index (Phi) is 3.57. The second-order valence-corrected chi connectivity index (χ2v) is 4.26. The Balaban J connectivity index is 2.42. The second-order valence-electron chi connectivity index (χ2n) is 3.82. The third kappa shape index (κ3) is 3.12.